The molecule has 3 rings (SSSR count). The van der Waals surface area contributed by atoms with Crippen molar-refractivity contribution in [2.75, 3.05) is 6.61 Å². The van der Waals surface area contributed by atoms with Crippen molar-refractivity contribution in [1.82, 2.24) is 14.5 Å². The molecule has 0 radical (unpaired) electrons. The summed E-state index contributed by atoms with van der Waals surface area (Å²) in [4.78, 5) is 8.18. The van der Waals surface area contributed by atoms with Gasteiger partial charge < -0.3 is 23.7 Å². The lowest BCUT2D eigenvalue weighted by molar-refractivity contribution is -0.0915. The van der Waals surface area contributed by atoms with Crippen molar-refractivity contribution < 1.29 is 19.2 Å². The maximum Gasteiger partial charge on any atom is 0.272 e. The predicted octanol–water partition coefficient (Wildman–Crippen LogP) is 0.934. The maximum atomic E-state index is 11.2. The molecule has 1 fully saturated rings. The molecule has 10 heteroatoms. The zero-order valence-electron chi connectivity index (χ0n) is 15.7. The highest BCUT2D eigenvalue weighted by atomic mass is 35.5. The van der Waals surface area contributed by atoms with Gasteiger partial charge in [0, 0.05) is 8.87 Å². The van der Waals surface area contributed by atoms with Crippen LogP contribution in [0.5, 0.6) is 0 Å². The Morgan fingerprint density at radius 3 is 3.00 bits per heavy atom. The second-order valence-electron chi connectivity index (χ2n) is 5.74. The minimum absolute atomic E-state index is 0.0592. The molecule has 3 heterocycles. The molecule has 128 valence electrons. The molecule has 1 unspecified atom stereocenters. The van der Waals surface area contributed by atoms with Crippen LogP contribution in [-0.2, 0) is 14.0 Å². The molecule has 0 aliphatic carbocycles. The minimum Gasteiger partial charge on any atom is -0.437 e. The first-order valence-corrected chi connectivity index (χ1v) is 8.06. The summed E-state index contributed by atoms with van der Waals surface area (Å²) in [7, 11) is -1.60. The third-order valence-corrected chi connectivity index (χ3v) is 4.44. The molecule has 0 spiro atoms. The Kier molecular flexibility index (Phi) is 4.43. The van der Waals surface area contributed by atoms with Crippen LogP contribution in [-0.4, -0.2) is 61.6 Å². The molecule has 1 saturated heterocycles. The van der Waals surface area contributed by atoms with Gasteiger partial charge in [-0.1, -0.05) is 25.2 Å². The standard InChI is InChI=1S/C14H20B2ClN3O4/c1-14(21)10(24-16-3)9(6-22-15-2)23-13(14)20-5-4-8-11(17)18-7-19-12(8)20/h4-5,7,9-10,13,15-16,21H,6H2,1-3H3/t9-,10-,13?,14-/m1/s1/i15D,16D. The van der Waals surface area contributed by atoms with Gasteiger partial charge in [0.25, 0.3) is 14.9 Å². The summed E-state index contributed by atoms with van der Waals surface area (Å²) >= 11 is 6.10. The van der Waals surface area contributed by atoms with Crippen LogP contribution in [0.2, 0.25) is 18.8 Å². The fraction of sp³-hybridized carbons (Fsp3) is 0.571. The van der Waals surface area contributed by atoms with Crippen LogP contribution in [0.15, 0.2) is 18.6 Å². The van der Waals surface area contributed by atoms with Crippen molar-refractivity contribution in [3.63, 3.8) is 0 Å². The lowest BCUT2D eigenvalue weighted by Crippen LogP contribution is -2.46. The van der Waals surface area contributed by atoms with E-state index in [9.17, 15) is 5.11 Å². The lowest BCUT2D eigenvalue weighted by atomic mass is 9.93. The van der Waals surface area contributed by atoms with E-state index in [-0.39, 0.29) is 6.61 Å². The van der Waals surface area contributed by atoms with Crippen LogP contribution >= 0.6 is 11.6 Å². The van der Waals surface area contributed by atoms with Gasteiger partial charge in [0.05, 0.1) is 12.0 Å². The number of halogens is 1. The van der Waals surface area contributed by atoms with E-state index >= 15 is 0 Å². The zero-order valence-corrected chi connectivity index (χ0v) is 14.5. The first-order chi connectivity index (χ1) is 12.2. The third-order valence-electron chi connectivity index (χ3n) is 4.14. The monoisotopic (exact) mass is 353 g/mol. The van der Waals surface area contributed by atoms with Gasteiger partial charge >= 0.3 is 0 Å². The Balaban J connectivity index is 1.96. The summed E-state index contributed by atoms with van der Waals surface area (Å²) in [5.41, 5.74) is -0.943. The first kappa shape index (κ1) is 15.2. The molecular weight excluding hydrogens is 331 g/mol. The van der Waals surface area contributed by atoms with Gasteiger partial charge in [0.1, 0.15) is 34.9 Å². The van der Waals surface area contributed by atoms with Gasteiger partial charge in [0.2, 0.25) is 0 Å². The molecule has 4 atom stereocenters. The second kappa shape index (κ2) is 7.01. The third kappa shape index (κ3) is 2.95. The number of aromatic nitrogens is 3. The smallest absolute Gasteiger partial charge is 0.272 e. The summed E-state index contributed by atoms with van der Waals surface area (Å²) in [6.07, 6.45) is 0.762. The highest BCUT2D eigenvalue weighted by Gasteiger charge is 2.54. The average molecular weight is 353 g/mol. The summed E-state index contributed by atoms with van der Waals surface area (Å²) in [5.74, 6) is 0. The molecule has 0 aromatic carbocycles. The van der Waals surface area contributed by atoms with Crippen molar-refractivity contribution >= 4 is 37.5 Å². The van der Waals surface area contributed by atoms with E-state index in [1.54, 1.807) is 37.4 Å². The zero-order chi connectivity index (χ0) is 19.1. The molecule has 24 heavy (non-hydrogen) atoms. The Morgan fingerprint density at radius 2 is 2.29 bits per heavy atom. The van der Waals surface area contributed by atoms with E-state index in [2.05, 4.69) is 9.97 Å². The van der Waals surface area contributed by atoms with Gasteiger partial charge in [-0.3, -0.25) is 0 Å². The molecule has 0 amide bonds. The SMILES string of the molecule is [2H]B(C)OC[C@H]1OC(n2ccc3c(Cl)ncnc32)[C@](C)(O)[C@@H]1OB([2H])C. The number of aliphatic hydroxyl groups is 1. The van der Waals surface area contributed by atoms with Crippen LogP contribution in [0.1, 0.15) is 13.2 Å². The Morgan fingerprint density at radius 1 is 1.50 bits per heavy atom. The van der Waals surface area contributed by atoms with Crippen molar-refractivity contribution in [2.45, 2.75) is 44.6 Å². The molecule has 2 aromatic heterocycles. The summed E-state index contributed by atoms with van der Waals surface area (Å²) in [6.45, 7) is 4.80. The molecule has 1 aliphatic rings. The molecule has 0 saturated carbocycles. The van der Waals surface area contributed by atoms with E-state index in [4.69, 9.17) is 28.3 Å². The Labute approximate surface area is 149 Å². The normalized spacial score (nSPS) is 31.1. The number of hydrogen-bond acceptors (Lipinski definition) is 6. The summed E-state index contributed by atoms with van der Waals surface area (Å²) in [5, 5.41) is 12.1. The largest absolute Gasteiger partial charge is 0.437 e. The van der Waals surface area contributed by atoms with Gasteiger partial charge in [-0.2, -0.15) is 0 Å². The van der Waals surface area contributed by atoms with Gasteiger partial charge in [0.15, 0.2) is 6.23 Å². The van der Waals surface area contributed by atoms with Crippen molar-refractivity contribution in [3.05, 3.63) is 23.7 Å². The summed E-state index contributed by atoms with van der Waals surface area (Å²) < 4.78 is 33.9. The van der Waals surface area contributed by atoms with E-state index < -0.39 is 38.9 Å². The Bertz CT molecular complexity index is 780. The molecule has 1 aliphatic heterocycles. The Hall–Kier alpha value is -1.12. The van der Waals surface area contributed by atoms with Crippen LogP contribution in [0.4, 0.5) is 0 Å². The van der Waals surface area contributed by atoms with Crippen LogP contribution in [0.3, 0.4) is 0 Å². The quantitative estimate of drug-likeness (QED) is 0.615. The van der Waals surface area contributed by atoms with Crippen LogP contribution < -0.4 is 0 Å². The van der Waals surface area contributed by atoms with E-state index in [0.717, 1.165) is 0 Å². The molecule has 1 N–H and O–H groups in total. The molecule has 7 nitrogen and oxygen atoms in total. The number of hydrogen-bond donors (Lipinski definition) is 1. The second-order valence-corrected chi connectivity index (χ2v) is 6.10. The predicted molar refractivity (Wildman–Crippen MR) is 93.9 cm³/mol. The highest BCUT2D eigenvalue weighted by Crippen LogP contribution is 2.41. The van der Waals surface area contributed by atoms with Gasteiger partial charge in [-0.25, -0.2) is 9.97 Å². The van der Waals surface area contributed by atoms with Crippen molar-refractivity contribution in [3.8, 4) is 0 Å². The number of fused-ring (bicyclic) bond motifs is 1. The fourth-order valence-corrected chi connectivity index (χ4v) is 3.25. The van der Waals surface area contributed by atoms with E-state index in [1.807, 2.05) is 0 Å². The number of rotatable bonds is 6. The maximum absolute atomic E-state index is 11.2. The first-order valence-electron chi connectivity index (χ1n) is 8.83. The topological polar surface area (TPSA) is 78.6 Å². The minimum atomic E-state index is -1.46. The number of nitrogens with zero attached hydrogens (tertiary/aromatic N) is 3. The van der Waals surface area contributed by atoms with Crippen molar-refractivity contribution in [2.24, 2.45) is 0 Å². The molecule has 0 bridgehead atoms. The average Bonchev–Trinajstić information content (AvgIpc) is 3.06. The van der Waals surface area contributed by atoms with Crippen molar-refractivity contribution in [1.29, 1.82) is 2.67 Å². The van der Waals surface area contributed by atoms with Crippen LogP contribution in [0.25, 0.3) is 11.0 Å². The van der Waals surface area contributed by atoms with Gasteiger partial charge in [-0.15, -0.1) is 0 Å². The van der Waals surface area contributed by atoms with E-state index in [1.165, 1.54) is 6.33 Å². The lowest BCUT2D eigenvalue weighted by Gasteiger charge is -2.30. The fourth-order valence-electron chi connectivity index (χ4n) is 3.06. The highest BCUT2D eigenvalue weighted by molar-refractivity contribution is 6.33. The van der Waals surface area contributed by atoms with Crippen LogP contribution in [0, 0.1) is 0 Å². The molecule has 2 aromatic rings. The van der Waals surface area contributed by atoms with E-state index in [0.29, 0.717) is 16.2 Å². The van der Waals surface area contributed by atoms with Gasteiger partial charge in [-0.05, 0) is 13.0 Å². The molecular formula is C14H20B2ClN3O4. The summed E-state index contributed by atoms with van der Waals surface area (Å²) in [6, 6.07) is 1.75. The number of ether oxygens (including phenoxy) is 1.